The molecule has 0 N–H and O–H groups in total. The Balaban J connectivity index is 1.39. The lowest BCUT2D eigenvalue weighted by atomic mass is 10.0. The van der Waals surface area contributed by atoms with Gasteiger partial charge in [0, 0.05) is 25.6 Å². The van der Waals surface area contributed by atoms with Crippen LogP contribution in [-0.4, -0.2) is 61.9 Å². The molecule has 2 fully saturated rings. The number of nitrogens with zero attached hydrogens (tertiary/aromatic N) is 2. The van der Waals surface area contributed by atoms with Gasteiger partial charge in [0.05, 0.1) is 10.9 Å². The monoisotopic (exact) mass is 484 g/mol. The predicted molar refractivity (Wildman–Crippen MR) is 134 cm³/mol. The third-order valence-electron chi connectivity index (χ3n) is 7.17. The second-order valence-electron chi connectivity index (χ2n) is 9.45. The van der Waals surface area contributed by atoms with Crippen LogP contribution in [0.5, 0.6) is 0 Å². The number of ether oxygens (including phenoxy) is 1. The second-order valence-corrected chi connectivity index (χ2v) is 11.3. The molecule has 4 rings (SSSR count). The topological polar surface area (TPSA) is 66.9 Å². The number of rotatable bonds is 9. The van der Waals surface area contributed by atoms with Crippen LogP contribution in [0.2, 0.25) is 0 Å². The van der Waals surface area contributed by atoms with Gasteiger partial charge in [0.15, 0.2) is 0 Å². The highest BCUT2D eigenvalue weighted by atomic mass is 32.2. The van der Waals surface area contributed by atoms with E-state index in [2.05, 4.69) is 36.1 Å². The van der Waals surface area contributed by atoms with Crippen LogP contribution in [0, 0.1) is 0 Å². The molecule has 0 aromatic heterocycles. The number of hydrogen-bond donors (Lipinski definition) is 0. The number of benzene rings is 2. The fourth-order valence-electron chi connectivity index (χ4n) is 5.00. The minimum Gasteiger partial charge on any atom is -0.464 e. The van der Waals surface area contributed by atoms with Gasteiger partial charge in [0.1, 0.15) is 6.61 Å². The summed E-state index contributed by atoms with van der Waals surface area (Å²) >= 11 is 0. The summed E-state index contributed by atoms with van der Waals surface area (Å²) in [6.07, 6.45) is 5.42. The Labute approximate surface area is 204 Å². The second kappa shape index (κ2) is 11.0. The lowest BCUT2D eigenvalue weighted by Crippen LogP contribution is -2.38. The van der Waals surface area contributed by atoms with E-state index in [1.54, 1.807) is 19.1 Å². The van der Waals surface area contributed by atoms with Gasteiger partial charge in [-0.05, 0) is 74.4 Å². The third-order valence-corrected chi connectivity index (χ3v) is 9.14. The molecule has 0 aliphatic carbocycles. The Hall–Kier alpha value is -2.22. The molecule has 2 atom stereocenters. The van der Waals surface area contributed by atoms with Crippen LogP contribution in [0.1, 0.15) is 51.5 Å². The van der Waals surface area contributed by atoms with Gasteiger partial charge in [-0.25, -0.2) is 8.42 Å². The molecule has 6 nitrogen and oxygen atoms in total. The largest absolute Gasteiger partial charge is 0.464 e. The van der Waals surface area contributed by atoms with Gasteiger partial charge in [-0.1, -0.05) is 43.3 Å². The molecule has 7 heteroatoms. The normalized spacial score (nSPS) is 21.7. The highest BCUT2D eigenvalue weighted by Gasteiger charge is 2.36. The highest BCUT2D eigenvalue weighted by molar-refractivity contribution is 7.89. The Bertz CT molecular complexity index is 1070. The van der Waals surface area contributed by atoms with Crippen molar-refractivity contribution in [1.82, 2.24) is 9.21 Å². The molecule has 0 spiro atoms. The van der Waals surface area contributed by atoms with Crippen molar-refractivity contribution in [2.75, 3.05) is 26.2 Å². The van der Waals surface area contributed by atoms with E-state index < -0.39 is 10.0 Å². The Morgan fingerprint density at radius 3 is 2.24 bits per heavy atom. The number of carbonyl (C=O) groups excluding carboxylic acids is 1. The SMILES string of the molecule is CCC(=O)OCC1CCCN1S(=O)(=O)c1ccc(-c2ccc(CCN3CCCC3C)cc2)cc1. The molecule has 34 heavy (non-hydrogen) atoms. The lowest BCUT2D eigenvalue weighted by Gasteiger charge is -2.24. The standard InChI is InChI=1S/C27H36N2O4S/c1-3-27(30)33-20-25-7-5-18-29(25)34(31,32)26-14-12-24(13-15-26)23-10-8-22(9-11-23)16-19-28-17-4-6-21(28)2/h8-15,21,25H,3-7,16-20H2,1-2H3. The van der Waals surface area contributed by atoms with E-state index >= 15 is 0 Å². The average molecular weight is 485 g/mol. The van der Waals surface area contributed by atoms with Crippen molar-refractivity contribution in [2.45, 2.75) is 69.4 Å². The van der Waals surface area contributed by atoms with E-state index in [0.717, 1.165) is 30.5 Å². The minimum absolute atomic E-state index is 0.118. The first-order chi connectivity index (χ1) is 16.4. The van der Waals surface area contributed by atoms with Crippen molar-refractivity contribution in [3.8, 4) is 11.1 Å². The summed E-state index contributed by atoms with van der Waals surface area (Å²) in [6, 6.07) is 16.1. The van der Waals surface area contributed by atoms with Crippen LogP contribution in [0.3, 0.4) is 0 Å². The van der Waals surface area contributed by atoms with Gasteiger partial charge >= 0.3 is 5.97 Å². The zero-order chi connectivity index (χ0) is 24.1. The molecule has 2 aromatic rings. The van der Waals surface area contributed by atoms with Crippen LogP contribution in [0.25, 0.3) is 11.1 Å². The smallest absolute Gasteiger partial charge is 0.305 e. The van der Waals surface area contributed by atoms with Crippen molar-refractivity contribution in [3.05, 3.63) is 54.1 Å². The van der Waals surface area contributed by atoms with Gasteiger partial charge in [0.2, 0.25) is 10.0 Å². The number of likely N-dealkylation sites (tertiary alicyclic amines) is 1. The molecular weight excluding hydrogens is 448 g/mol. The van der Waals surface area contributed by atoms with E-state index in [1.807, 2.05) is 12.1 Å². The fraction of sp³-hybridized carbons (Fsp3) is 0.519. The molecule has 2 saturated heterocycles. The van der Waals surface area contributed by atoms with E-state index in [4.69, 9.17) is 4.74 Å². The van der Waals surface area contributed by atoms with Crippen molar-refractivity contribution in [1.29, 1.82) is 0 Å². The maximum Gasteiger partial charge on any atom is 0.305 e. The van der Waals surface area contributed by atoms with E-state index in [9.17, 15) is 13.2 Å². The number of carbonyl (C=O) groups is 1. The zero-order valence-corrected chi connectivity index (χ0v) is 21.1. The predicted octanol–water partition coefficient (Wildman–Crippen LogP) is 4.49. The fourth-order valence-corrected chi connectivity index (χ4v) is 6.68. The molecule has 0 saturated carbocycles. The van der Waals surface area contributed by atoms with Crippen LogP contribution >= 0.6 is 0 Å². The first-order valence-corrected chi connectivity index (χ1v) is 13.9. The van der Waals surface area contributed by atoms with Crippen molar-refractivity contribution >= 4 is 16.0 Å². The number of sulfonamides is 1. The molecule has 2 heterocycles. The first-order valence-electron chi connectivity index (χ1n) is 12.5. The van der Waals surface area contributed by atoms with Crippen molar-refractivity contribution in [3.63, 3.8) is 0 Å². The summed E-state index contributed by atoms with van der Waals surface area (Å²) in [7, 11) is -3.63. The summed E-state index contributed by atoms with van der Waals surface area (Å²) < 4.78 is 33.2. The molecule has 2 unspecified atom stereocenters. The molecular formula is C27H36N2O4S. The Morgan fingerprint density at radius 2 is 1.62 bits per heavy atom. The summed E-state index contributed by atoms with van der Waals surface area (Å²) in [4.78, 5) is 14.3. The maximum atomic E-state index is 13.2. The van der Waals surface area contributed by atoms with E-state index in [-0.39, 0.29) is 23.5 Å². The molecule has 0 radical (unpaired) electrons. The van der Waals surface area contributed by atoms with Gasteiger partial charge in [-0.2, -0.15) is 4.31 Å². The van der Waals surface area contributed by atoms with Gasteiger partial charge < -0.3 is 9.64 Å². The zero-order valence-electron chi connectivity index (χ0n) is 20.3. The van der Waals surface area contributed by atoms with Crippen LogP contribution in [0.4, 0.5) is 0 Å². The Morgan fingerprint density at radius 1 is 0.971 bits per heavy atom. The lowest BCUT2D eigenvalue weighted by molar-refractivity contribution is -0.144. The van der Waals surface area contributed by atoms with Gasteiger partial charge in [0.25, 0.3) is 0 Å². The first kappa shape index (κ1) is 24.9. The van der Waals surface area contributed by atoms with Crippen molar-refractivity contribution in [2.24, 2.45) is 0 Å². The van der Waals surface area contributed by atoms with Crippen LogP contribution in [0.15, 0.2) is 53.4 Å². The van der Waals surface area contributed by atoms with E-state index in [0.29, 0.717) is 25.4 Å². The highest BCUT2D eigenvalue weighted by Crippen LogP contribution is 2.28. The van der Waals surface area contributed by atoms with Gasteiger partial charge in [-0.3, -0.25) is 4.79 Å². The summed E-state index contributed by atoms with van der Waals surface area (Å²) in [5.41, 5.74) is 3.40. The Kier molecular flexibility index (Phi) is 8.06. The minimum atomic E-state index is -3.63. The average Bonchev–Trinajstić information content (AvgIpc) is 3.50. The number of esters is 1. The summed E-state index contributed by atoms with van der Waals surface area (Å²) in [5, 5.41) is 0. The van der Waals surface area contributed by atoms with Crippen molar-refractivity contribution < 1.29 is 17.9 Å². The van der Waals surface area contributed by atoms with Crippen LogP contribution < -0.4 is 0 Å². The molecule has 2 aromatic carbocycles. The quantitative estimate of drug-likeness (QED) is 0.491. The van der Waals surface area contributed by atoms with Crippen LogP contribution in [-0.2, 0) is 26.0 Å². The molecule has 2 aliphatic rings. The number of hydrogen-bond acceptors (Lipinski definition) is 5. The molecule has 184 valence electrons. The molecule has 2 aliphatic heterocycles. The summed E-state index contributed by atoms with van der Waals surface area (Å²) in [6.45, 7) is 6.92. The molecule has 0 bridgehead atoms. The third kappa shape index (κ3) is 5.70. The van der Waals surface area contributed by atoms with Gasteiger partial charge in [-0.15, -0.1) is 0 Å². The maximum absolute atomic E-state index is 13.2. The summed E-state index contributed by atoms with van der Waals surface area (Å²) in [5.74, 6) is -0.301. The molecule has 0 amide bonds. The van der Waals surface area contributed by atoms with E-state index in [1.165, 1.54) is 29.3 Å².